The lowest BCUT2D eigenvalue weighted by atomic mass is 10.0. The van der Waals surface area contributed by atoms with Gasteiger partial charge in [0.2, 0.25) is 11.7 Å². The molecule has 5 rings (SSSR count). The van der Waals surface area contributed by atoms with E-state index in [-0.39, 0.29) is 36.1 Å². The highest BCUT2D eigenvalue weighted by atomic mass is 32.1. The Balaban J connectivity index is 1.47. The number of halogens is 1. The third kappa shape index (κ3) is 6.04. The second-order valence-corrected chi connectivity index (χ2v) is 10.4. The van der Waals surface area contributed by atoms with Crippen molar-refractivity contribution in [3.8, 4) is 11.4 Å². The highest BCUT2D eigenvalue weighted by Crippen LogP contribution is 2.34. The van der Waals surface area contributed by atoms with E-state index in [4.69, 9.17) is 4.74 Å². The summed E-state index contributed by atoms with van der Waals surface area (Å²) in [5.41, 5.74) is 3.08. The molecule has 2 amide bonds. The number of carbonyl (C=O) groups excluding carboxylic acids is 2. The lowest BCUT2D eigenvalue weighted by Crippen LogP contribution is -2.46. The predicted octanol–water partition coefficient (Wildman–Crippen LogP) is 4.23. The molecule has 2 aromatic heterocycles. The average molecular weight is 549 g/mol. The molecular weight excluding hydrogens is 519 g/mol. The van der Waals surface area contributed by atoms with Crippen LogP contribution in [0.2, 0.25) is 0 Å². The van der Waals surface area contributed by atoms with Crippen molar-refractivity contribution in [2.24, 2.45) is 0 Å². The number of aromatic nitrogens is 4. The van der Waals surface area contributed by atoms with Gasteiger partial charge in [0.1, 0.15) is 18.4 Å². The molecule has 1 aliphatic heterocycles. The quantitative estimate of drug-likeness (QED) is 0.336. The van der Waals surface area contributed by atoms with E-state index in [1.54, 1.807) is 12.1 Å². The Kier molecular flexibility index (Phi) is 8.08. The summed E-state index contributed by atoms with van der Waals surface area (Å²) < 4.78 is 19.0. The van der Waals surface area contributed by atoms with E-state index in [0.29, 0.717) is 24.4 Å². The monoisotopic (exact) mass is 548 g/mol. The Bertz CT molecular complexity index is 1430. The summed E-state index contributed by atoms with van der Waals surface area (Å²) in [5.74, 6) is -0.772. The van der Waals surface area contributed by atoms with Crippen LogP contribution in [0.3, 0.4) is 0 Å². The van der Waals surface area contributed by atoms with E-state index < -0.39 is 6.04 Å². The second-order valence-electron chi connectivity index (χ2n) is 9.43. The van der Waals surface area contributed by atoms with Crippen LogP contribution in [-0.4, -0.2) is 51.3 Å². The summed E-state index contributed by atoms with van der Waals surface area (Å²) in [6, 6.07) is 14.2. The fourth-order valence-electron chi connectivity index (χ4n) is 4.57. The molecule has 39 heavy (non-hydrogen) atoms. The zero-order valence-electron chi connectivity index (χ0n) is 21.7. The van der Waals surface area contributed by atoms with E-state index in [2.05, 4.69) is 20.7 Å². The number of tetrazole rings is 1. The number of nitrogens with one attached hydrogen (secondary N) is 1. The molecular formula is C28H29FN6O3S. The minimum Gasteiger partial charge on any atom is -0.376 e. The Morgan fingerprint density at radius 1 is 1.18 bits per heavy atom. The second kappa shape index (κ2) is 11.8. The topological polar surface area (TPSA) is 102 Å². The molecule has 0 bridgehead atoms. The first-order valence-electron chi connectivity index (χ1n) is 12.8. The van der Waals surface area contributed by atoms with E-state index in [0.717, 1.165) is 28.8 Å². The van der Waals surface area contributed by atoms with Crippen LogP contribution >= 0.6 is 11.3 Å². The maximum Gasteiger partial charge on any atom is 0.251 e. The Morgan fingerprint density at radius 3 is 2.72 bits per heavy atom. The lowest BCUT2D eigenvalue weighted by molar-refractivity contribution is -0.127. The van der Waals surface area contributed by atoms with Crippen LogP contribution in [-0.2, 0) is 20.9 Å². The fourth-order valence-corrected chi connectivity index (χ4v) is 5.39. The van der Waals surface area contributed by atoms with Crippen LogP contribution in [0.25, 0.3) is 11.4 Å². The fraction of sp³-hybridized carbons (Fsp3) is 0.321. The Labute approximate surface area is 229 Å². The molecule has 0 spiro atoms. The van der Waals surface area contributed by atoms with Gasteiger partial charge in [-0.05, 0) is 84.8 Å². The van der Waals surface area contributed by atoms with Crippen LogP contribution in [0.5, 0.6) is 0 Å². The largest absolute Gasteiger partial charge is 0.376 e. The third-order valence-corrected chi connectivity index (χ3v) is 7.71. The summed E-state index contributed by atoms with van der Waals surface area (Å²) in [6.45, 7) is 4.71. The van der Waals surface area contributed by atoms with Gasteiger partial charge in [0, 0.05) is 29.3 Å². The molecule has 4 aromatic rings. The number of aryl methyl sites for hydroxylation is 1. The number of nitrogens with zero attached hydrogens (tertiary/aromatic N) is 5. The van der Waals surface area contributed by atoms with Crippen LogP contribution < -0.4 is 10.2 Å². The smallest absolute Gasteiger partial charge is 0.251 e. The number of rotatable bonds is 9. The molecule has 2 atom stereocenters. The molecule has 1 aliphatic rings. The summed E-state index contributed by atoms with van der Waals surface area (Å²) in [4.78, 5) is 31.2. The first kappa shape index (κ1) is 26.6. The number of amides is 2. The van der Waals surface area contributed by atoms with Crippen molar-refractivity contribution >= 4 is 28.8 Å². The van der Waals surface area contributed by atoms with Crippen molar-refractivity contribution in [1.29, 1.82) is 0 Å². The molecule has 9 nitrogen and oxygen atoms in total. The minimum absolute atomic E-state index is 0.0352. The van der Waals surface area contributed by atoms with Crippen molar-refractivity contribution in [3.05, 3.63) is 81.8 Å². The van der Waals surface area contributed by atoms with Crippen molar-refractivity contribution in [2.75, 3.05) is 18.1 Å². The molecule has 1 fully saturated rings. The van der Waals surface area contributed by atoms with Crippen molar-refractivity contribution < 1.29 is 18.7 Å². The number of hydrogen-bond acceptors (Lipinski definition) is 7. The van der Waals surface area contributed by atoms with Gasteiger partial charge in [0.05, 0.1) is 6.10 Å². The first-order valence-corrected chi connectivity index (χ1v) is 13.6. The number of thiophene rings is 1. The molecule has 202 valence electrons. The average Bonchev–Trinajstić information content (AvgIpc) is 3.72. The van der Waals surface area contributed by atoms with Gasteiger partial charge in [-0.3, -0.25) is 14.5 Å². The van der Waals surface area contributed by atoms with Crippen LogP contribution in [0.15, 0.2) is 60.0 Å². The molecule has 3 heterocycles. The SMILES string of the molecule is Cc1cccc(N(C(=O)Cn2nnc(-c3ccc(F)cc3)n2)[C@@H](C(=O)NC[C@H]2CCCO2)c2cccs2)c1C. The van der Waals surface area contributed by atoms with E-state index >= 15 is 0 Å². The number of ether oxygens (including phenoxy) is 1. The Morgan fingerprint density at radius 2 is 2.00 bits per heavy atom. The lowest BCUT2D eigenvalue weighted by Gasteiger charge is -2.32. The van der Waals surface area contributed by atoms with E-state index in [9.17, 15) is 14.0 Å². The molecule has 1 N–H and O–H groups in total. The number of benzene rings is 2. The summed E-state index contributed by atoms with van der Waals surface area (Å²) in [7, 11) is 0. The molecule has 1 saturated heterocycles. The van der Waals surface area contributed by atoms with E-state index in [1.807, 2.05) is 49.6 Å². The van der Waals surface area contributed by atoms with Gasteiger partial charge >= 0.3 is 0 Å². The molecule has 11 heteroatoms. The molecule has 0 saturated carbocycles. The maximum atomic E-state index is 14.0. The molecule has 0 radical (unpaired) electrons. The summed E-state index contributed by atoms with van der Waals surface area (Å²) in [5, 5.41) is 17.3. The van der Waals surface area contributed by atoms with Crippen LogP contribution in [0.1, 0.15) is 34.9 Å². The van der Waals surface area contributed by atoms with Crippen molar-refractivity contribution in [1.82, 2.24) is 25.5 Å². The third-order valence-electron chi connectivity index (χ3n) is 6.78. The maximum absolute atomic E-state index is 14.0. The van der Waals surface area contributed by atoms with Gasteiger partial charge in [-0.1, -0.05) is 18.2 Å². The standard InChI is InChI=1S/C28H29FN6O3S/c1-18-6-3-8-23(19(18)2)35(25(36)17-34-32-27(31-33-34)20-10-12-21(29)13-11-20)26(24-9-5-15-39-24)28(37)30-16-22-7-4-14-38-22/h3,5-6,8-13,15,22,26H,4,7,14,16-17H2,1-2H3,(H,30,37)/t22-,26-/m1/s1. The van der Waals surface area contributed by atoms with Gasteiger partial charge < -0.3 is 10.1 Å². The summed E-state index contributed by atoms with van der Waals surface area (Å²) >= 11 is 1.41. The highest BCUT2D eigenvalue weighted by Gasteiger charge is 2.35. The molecule has 0 aliphatic carbocycles. The number of carbonyl (C=O) groups is 2. The normalized spacial score (nSPS) is 15.7. The van der Waals surface area contributed by atoms with Crippen LogP contribution in [0, 0.1) is 19.7 Å². The number of anilines is 1. The number of hydrogen-bond donors (Lipinski definition) is 1. The highest BCUT2D eigenvalue weighted by molar-refractivity contribution is 7.10. The predicted molar refractivity (Wildman–Crippen MR) is 146 cm³/mol. The minimum atomic E-state index is -0.903. The van der Waals surface area contributed by atoms with Gasteiger partial charge in [-0.15, -0.1) is 21.5 Å². The summed E-state index contributed by atoms with van der Waals surface area (Å²) in [6.07, 6.45) is 1.82. The van der Waals surface area contributed by atoms with Gasteiger partial charge in [-0.2, -0.15) is 4.80 Å². The molecule has 0 unspecified atom stereocenters. The van der Waals surface area contributed by atoms with Crippen molar-refractivity contribution in [3.63, 3.8) is 0 Å². The zero-order valence-corrected chi connectivity index (χ0v) is 22.5. The Hall–Kier alpha value is -3.96. The van der Waals surface area contributed by atoms with Crippen LogP contribution in [0.4, 0.5) is 10.1 Å². The van der Waals surface area contributed by atoms with E-state index in [1.165, 1.54) is 33.2 Å². The molecule has 2 aromatic carbocycles. The zero-order chi connectivity index (χ0) is 27.4. The van der Waals surface area contributed by atoms with Crippen molar-refractivity contribution in [2.45, 2.75) is 45.4 Å². The van der Waals surface area contributed by atoms with Gasteiger partial charge in [0.25, 0.3) is 5.91 Å². The first-order chi connectivity index (χ1) is 18.9. The van der Waals surface area contributed by atoms with Gasteiger partial charge in [-0.25, -0.2) is 4.39 Å². The van der Waals surface area contributed by atoms with Gasteiger partial charge in [0.15, 0.2) is 0 Å².